The number of alkyl halides is 3. The Labute approximate surface area is 367 Å². The molecule has 0 spiro atoms. The van der Waals surface area contributed by atoms with Crippen LogP contribution in [0.25, 0.3) is 99.6 Å². The molecule has 0 saturated carbocycles. The van der Waals surface area contributed by atoms with Gasteiger partial charge in [0, 0.05) is 44.2 Å². The summed E-state index contributed by atoms with van der Waals surface area (Å²) in [6.07, 6.45) is -4.52. The molecule has 8 heteroatoms. The normalized spacial score (nSPS) is 11.4. The fourth-order valence-electron chi connectivity index (χ4n) is 8.42. The van der Waals surface area contributed by atoms with E-state index in [1.54, 1.807) is 12.1 Å². The van der Waals surface area contributed by atoms with Gasteiger partial charge in [-0.2, -0.15) is 18.4 Å². The molecule has 5 nitrogen and oxygen atoms in total. The van der Waals surface area contributed by atoms with Crippen LogP contribution in [-0.4, -0.2) is 14.5 Å². The number of aryl methyl sites for hydroxylation is 1. The van der Waals surface area contributed by atoms with Crippen LogP contribution < -0.4 is 0 Å². The van der Waals surface area contributed by atoms with Crippen molar-refractivity contribution < 1.29 is 13.2 Å². The fourth-order valence-corrected chi connectivity index (χ4v) is 8.42. The molecule has 0 fully saturated rings. The summed E-state index contributed by atoms with van der Waals surface area (Å²) in [6.45, 7) is 9.95. The summed E-state index contributed by atoms with van der Waals surface area (Å²) in [5.41, 5.74) is 12.0. The Hall–Kier alpha value is -8.59. The summed E-state index contributed by atoms with van der Waals surface area (Å²) < 4.78 is 44.6. The summed E-state index contributed by atoms with van der Waals surface area (Å²) >= 11 is 0. The fraction of sp³-hybridized carbons (Fsp3) is 0.0357. The minimum absolute atomic E-state index is 0.375. The maximum absolute atomic E-state index is 14.1. The molecule has 0 aliphatic carbocycles. The quantitative estimate of drug-likeness (QED) is 0.150. The van der Waals surface area contributed by atoms with Crippen molar-refractivity contribution in [3.63, 3.8) is 0 Å². The average Bonchev–Trinajstić information content (AvgIpc) is 3.67. The summed E-state index contributed by atoms with van der Waals surface area (Å²) in [6, 6.07) is 60.8. The molecule has 2 heterocycles. The molecule has 304 valence electrons. The number of benzene rings is 8. The smallest absolute Gasteiger partial charge is 0.308 e. The highest BCUT2D eigenvalue weighted by Crippen LogP contribution is 2.46. The lowest BCUT2D eigenvalue weighted by Crippen LogP contribution is -2.05. The van der Waals surface area contributed by atoms with Crippen LogP contribution in [0.5, 0.6) is 0 Å². The highest BCUT2D eigenvalue weighted by molar-refractivity contribution is 6.12. The van der Waals surface area contributed by atoms with Crippen molar-refractivity contribution in [2.75, 3.05) is 0 Å². The van der Waals surface area contributed by atoms with Gasteiger partial charge in [0.05, 0.1) is 46.3 Å². The van der Waals surface area contributed by atoms with E-state index in [2.05, 4.69) is 57.9 Å². The summed E-state index contributed by atoms with van der Waals surface area (Å²) in [5, 5.41) is 11.4. The molecule has 0 radical (unpaired) electrons. The van der Waals surface area contributed by atoms with Crippen molar-refractivity contribution in [2.45, 2.75) is 13.1 Å². The van der Waals surface area contributed by atoms with Crippen molar-refractivity contribution in [1.82, 2.24) is 14.5 Å². The first-order valence-corrected chi connectivity index (χ1v) is 20.6. The minimum atomic E-state index is -4.52. The van der Waals surface area contributed by atoms with Crippen LogP contribution in [0.2, 0.25) is 0 Å². The van der Waals surface area contributed by atoms with E-state index in [1.807, 2.05) is 116 Å². The third kappa shape index (κ3) is 7.23. The zero-order chi connectivity index (χ0) is 44.0. The van der Waals surface area contributed by atoms with Crippen molar-refractivity contribution in [1.29, 1.82) is 5.26 Å². The standard InChI is InChI=1S/C56H34F3N5/c1-35-17-20-37(21-18-35)46-31-42(50-33-49(39-11-5-3-6-12-39)62-55(63-50)40-13-7-4-8-14-40)32-47(38-22-25-43(26-23-38)56(57,58)59)54(46)64-52-16-10-9-15-45(52)48-30-41(24-28-53(48)64)44-27-19-36(34-60)29-51(44)61-2/h3-33H,1H3. The van der Waals surface area contributed by atoms with Crippen molar-refractivity contribution in [2.24, 2.45) is 0 Å². The molecule has 0 atom stereocenters. The zero-order valence-electron chi connectivity index (χ0n) is 34.3. The van der Waals surface area contributed by atoms with Gasteiger partial charge in [0.2, 0.25) is 0 Å². The van der Waals surface area contributed by atoms with E-state index >= 15 is 0 Å². The highest BCUT2D eigenvalue weighted by Gasteiger charge is 2.30. The van der Waals surface area contributed by atoms with Gasteiger partial charge in [0.15, 0.2) is 11.5 Å². The van der Waals surface area contributed by atoms with Gasteiger partial charge in [-0.05, 0) is 89.8 Å². The van der Waals surface area contributed by atoms with E-state index in [-0.39, 0.29) is 0 Å². The molecule has 0 N–H and O–H groups in total. The van der Waals surface area contributed by atoms with E-state index in [1.165, 1.54) is 12.1 Å². The first-order valence-electron chi connectivity index (χ1n) is 20.6. The third-order valence-corrected chi connectivity index (χ3v) is 11.6. The van der Waals surface area contributed by atoms with E-state index in [9.17, 15) is 18.4 Å². The lowest BCUT2D eigenvalue weighted by molar-refractivity contribution is -0.137. The second kappa shape index (κ2) is 16.0. The Balaban J connectivity index is 1.30. The second-order valence-electron chi connectivity index (χ2n) is 15.6. The van der Waals surface area contributed by atoms with Crippen molar-refractivity contribution >= 4 is 27.5 Å². The summed E-state index contributed by atoms with van der Waals surface area (Å²) in [5.74, 6) is 0.538. The molecule has 10 rings (SSSR count). The number of nitrogens with zero attached hydrogens (tertiary/aromatic N) is 5. The molecule has 2 aromatic heterocycles. The van der Waals surface area contributed by atoms with Gasteiger partial charge in [0.1, 0.15) is 0 Å². The van der Waals surface area contributed by atoms with Gasteiger partial charge in [-0.15, -0.1) is 0 Å². The van der Waals surface area contributed by atoms with Crippen molar-refractivity contribution in [3.05, 3.63) is 216 Å². The van der Waals surface area contributed by atoms with Gasteiger partial charge < -0.3 is 4.57 Å². The second-order valence-corrected chi connectivity index (χ2v) is 15.6. The molecule has 0 aliphatic rings. The number of aromatic nitrogens is 3. The van der Waals surface area contributed by atoms with Crippen LogP contribution >= 0.6 is 0 Å². The number of halogens is 3. The molecule has 0 saturated heterocycles. The van der Waals surface area contributed by atoms with Gasteiger partial charge in [-0.3, -0.25) is 0 Å². The number of hydrogen-bond acceptors (Lipinski definition) is 3. The molecule has 0 unspecified atom stereocenters. The van der Waals surface area contributed by atoms with Crippen LogP contribution in [-0.2, 0) is 6.18 Å². The maximum Gasteiger partial charge on any atom is 0.416 e. The summed E-state index contributed by atoms with van der Waals surface area (Å²) in [4.78, 5) is 14.0. The van der Waals surface area contributed by atoms with E-state index < -0.39 is 11.7 Å². The number of para-hydroxylation sites is 1. The number of rotatable bonds is 7. The molecular formula is C56H34F3N5. The highest BCUT2D eigenvalue weighted by atomic mass is 19.4. The van der Waals surface area contributed by atoms with Crippen LogP contribution in [0.1, 0.15) is 16.7 Å². The number of hydrogen-bond donors (Lipinski definition) is 0. The molecule has 0 amide bonds. The van der Waals surface area contributed by atoms with E-state index in [0.29, 0.717) is 39.5 Å². The number of nitriles is 1. The lowest BCUT2D eigenvalue weighted by atomic mass is 9.91. The van der Waals surface area contributed by atoms with Gasteiger partial charge in [-0.25, -0.2) is 14.8 Å². The van der Waals surface area contributed by atoms with Gasteiger partial charge in [-0.1, -0.05) is 133 Å². The Kier molecular flexibility index (Phi) is 9.90. The van der Waals surface area contributed by atoms with Crippen LogP contribution in [0.15, 0.2) is 188 Å². The minimum Gasteiger partial charge on any atom is -0.308 e. The monoisotopic (exact) mass is 833 g/mol. The topological polar surface area (TPSA) is 58.9 Å². The van der Waals surface area contributed by atoms with Crippen LogP contribution in [0.4, 0.5) is 18.9 Å². The Morgan fingerprint density at radius 3 is 1.75 bits per heavy atom. The van der Waals surface area contributed by atoms with E-state index in [0.717, 1.165) is 84.3 Å². The van der Waals surface area contributed by atoms with Gasteiger partial charge in [0.25, 0.3) is 0 Å². The zero-order valence-corrected chi connectivity index (χ0v) is 34.3. The molecule has 0 aliphatic heterocycles. The summed E-state index contributed by atoms with van der Waals surface area (Å²) in [7, 11) is 0. The van der Waals surface area contributed by atoms with Crippen LogP contribution in [0, 0.1) is 24.8 Å². The third-order valence-electron chi connectivity index (χ3n) is 11.6. The average molecular weight is 834 g/mol. The first-order chi connectivity index (χ1) is 31.2. The molecule has 64 heavy (non-hydrogen) atoms. The largest absolute Gasteiger partial charge is 0.416 e. The van der Waals surface area contributed by atoms with Gasteiger partial charge >= 0.3 is 6.18 Å². The van der Waals surface area contributed by atoms with E-state index in [4.69, 9.17) is 16.5 Å². The molecule has 0 bridgehead atoms. The molecule has 10 aromatic rings. The number of fused-ring (bicyclic) bond motifs is 3. The van der Waals surface area contributed by atoms with Crippen molar-refractivity contribution in [3.8, 4) is 79.0 Å². The Morgan fingerprint density at radius 1 is 0.531 bits per heavy atom. The first kappa shape index (κ1) is 39.5. The molecular weight excluding hydrogens is 800 g/mol. The predicted octanol–water partition coefficient (Wildman–Crippen LogP) is 15.3. The SMILES string of the molecule is [C-]#[N+]c1cc(C#N)ccc1-c1ccc2c(c1)c1ccccc1n2-c1c(-c2ccc(C)cc2)cc(-c2cc(-c3ccccc3)nc(-c3ccccc3)n2)cc1-c1ccc(C(F)(F)F)cc1. The maximum atomic E-state index is 14.1. The predicted molar refractivity (Wildman–Crippen MR) is 250 cm³/mol. The Morgan fingerprint density at radius 2 is 1.11 bits per heavy atom. The lowest BCUT2D eigenvalue weighted by Gasteiger charge is -2.22. The van der Waals surface area contributed by atoms with Crippen LogP contribution in [0.3, 0.4) is 0 Å². The molecule has 8 aromatic carbocycles. The Bertz CT molecular complexity index is 3430.